The van der Waals surface area contributed by atoms with Gasteiger partial charge in [-0.15, -0.1) is 0 Å². The summed E-state index contributed by atoms with van der Waals surface area (Å²) in [4.78, 5) is 11.5. The molecule has 1 saturated heterocycles. The minimum atomic E-state index is 0.0154. The number of ether oxygens (including phenoxy) is 1. The van der Waals surface area contributed by atoms with Crippen molar-refractivity contribution in [2.75, 3.05) is 0 Å². The fourth-order valence-electron chi connectivity index (χ4n) is 3.90. The first-order valence-corrected chi connectivity index (χ1v) is 6.80. The Bertz CT molecular complexity index is 319. The first-order chi connectivity index (χ1) is 7.60. The van der Waals surface area contributed by atoms with Crippen LogP contribution >= 0.6 is 0 Å². The van der Waals surface area contributed by atoms with E-state index in [2.05, 4.69) is 41.5 Å². The Kier molecular flexibility index (Phi) is 2.83. The molecule has 0 bridgehead atoms. The van der Waals surface area contributed by atoms with E-state index in [0.717, 1.165) is 6.42 Å². The van der Waals surface area contributed by atoms with Crippen LogP contribution in [0.15, 0.2) is 0 Å². The minimum absolute atomic E-state index is 0.0154. The van der Waals surface area contributed by atoms with Crippen LogP contribution in [0.5, 0.6) is 0 Å². The number of hydrogen-bond acceptors (Lipinski definition) is 2. The summed E-state index contributed by atoms with van der Waals surface area (Å²) in [6.45, 7) is 13.8. The largest absolute Gasteiger partial charge is 0.462 e. The molecule has 2 rings (SSSR count). The third kappa shape index (κ3) is 2.23. The molecular formula is C15H26O2. The van der Waals surface area contributed by atoms with Gasteiger partial charge < -0.3 is 4.74 Å². The lowest BCUT2D eigenvalue weighted by molar-refractivity contribution is -0.146. The van der Waals surface area contributed by atoms with Crippen LogP contribution in [0.1, 0.15) is 54.4 Å². The van der Waals surface area contributed by atoms with Crippen LogP contribution in [0.3, 0.4) is 0 Å². The van der Waals surface area contributed by atoms with Crippen LogP contribution in [0, 0.1) is 28.6 Å². The Morgan fingerprint density at radius 2 is 1.65 bits per heavy atom. The summed E-state index contributed by atoms with van der Waals surface area (Å²) >= 11 is 0. The molecule has 4 atom stereocenters. The van der Waals surface area contributed by atoms with E-state index in [1.165, 1.54) is 0 Å². The van der Waals surface area contributed by atoms with Gasteiger partial charge in [0.25, 0.3) is 0 Å². The quantitative estimate of drug-likeness (QED) is 0.602. The van der Waals surface area contributed by atoms with E-state index >= 15 is 0 Å². The van der Waals surface area contributed by atoms with Gasteiger partial charge in [-0.05, 0) is 23.2 Å². The molecule has 2 fully saturated rings. The Hall–Kier alpha value is -0.530. The maximum Gasteiger partial charge on any atom is 0.306 e. The Balaban J connectivity index is 2.30. The Labute approximate surface area is 105 Å². The van der Waals surface area contributed by atoms with Gasteiger partial charge in [-0.3, -0.25) is 4.79 Å². The summed E-state index contributed by atoms with van der Waals surface area (Å²) in [5, 5.41) is 0. The van der Waals surface area contributed by atoms with Crippen molar-refractivity contribution in [3.8, 4) is 0 Å². The molecule has 0 aromatic heterocycles. The van der Waals surface area contributed by atoms with Crippen LogP contribution in [-0.4, -0.2) is 12.1 Å². The monoisotopic (exact) mass is 238 g/mol. The van der Waals surface area contributed by atoms with Crippen molar-refractivity contribution in [2.24, 2.45) is 28.6 Å². The molecule has 0 amide bonds. The van der Waals surface area contributed by atoms with Crippen molar-refractivity contribution in [1.29, 1.82) is 0 Å². The summed E-state index contributed by atoms with van der Waals surface area (Å²) in [5.74, 6) is 1.64. The fraction of sp³-hybridized carbons (Fsp3) is 0.933. The summed E-state index contributed by atoms with van der Waals surface area (Å²) in [5.41, 5.74) is 0.511. The zero-order valence-electron chi connectivity index (χ0n) is 12.0. The second-order valence-electron chi connectivity index (χ2n) is 8.02. The van der Waals surface area contributed by atoms with Gasteiger partial charge in [-0.1, -0.05) is 41.5 Å². The summed E-state index contributed by atoms with van der Waals surface area (Å²) in [7, 11) is 0. The molecule has 1 aliphatic heterocycles. The van der Waals surface area contributed by atoms with Gasteiger partial charge in [0.05, 0.1) is 6.42 Å². The molecule has 2 heteroatoms. The van der Waals surface area contributed by atoms with Crippen molar-refractivity contribution >= 4 is 5.97 Å². The molecule has 0 N–H and O–H groups in total. The molecule has 2 aliphatic rings. The number of hydrogen-bond donors (Lipinski definition) is 0. The summed E-state index contributed by atoms with van der Waals surface area (Å²) in [6, 6.07) is 0. The lowest BCUT2D eigenvalue weighted by Crippen LogP contribution is -2.38. The van der Waals surface area contributed by atoms with Crippen LogP contribution < -0.4 is 0 Å². The average Bonchev–Trinajstić information content (AvgIpc) is 2.54. The van der Waals surface area contributed by atoms with Gasteiger partial charge in [0.2, 0.25) is 0 Å². The van der Waals surface area contributed by atoms with Crippen molar-refractivity contribution in [3.05, 3.63) is 0 Å². The van der Waals surface area contributed by atoms with E-state index in [4.69, 9.17) is 4.74 Å². The molecule has 1 aliphatic carbocycles. The smallest absolute Gasteiger partial charge is 0.306 e. The predicted molar refractivity (Wildman–Crippen MR) is 68.5 cm³/mol. The van der Waals surface area contributed by atoms with E-state index < -0.39 is 0 Å². The lowest BCUT2D eigenvalue weighted by atomic mass is 9.65. The third-order valence-electron chi connectivity index (χ3n) is 4.62. The first-order valence-electron chi connectivity index (χ1n) is 6.80. The summed E-state index contributed by atoms with van der Waals surface area (Å²) < 4.78 is 5.61. The van der Waals surface area contributed by atoms with Gasteiger partial charge in [0, 0.05) is 11.8 Å². The molecule has 0 aromatic rings. The van der Waals surface area contributed by atoms with E-state index in [-0.39, 0.29) is 17.5 Å². The second-order valence-corrected chi connectivity index (χ2v) is 8.02. The lowest BCUT2D eigenvalue weighted by Gasteiger charge is -2.41. The number of carbonyl (C=O) groups excluding carboxylic acids is 1. The second kappa shape index (κ2) is 3.73. The summed E-state index contributed by atoms with van der Waals surface area (Å²) in [6.07, 6.45) is 1.97. The van der Waals surface area contributed by atoms with Gasteiger partial charge in [-0.2, -0.15) is 0 Å². The number of fused-ring (bicyclic) bond motifs is 1. The van der Waals surface area contributed by atoms with Crippen molar-refractivity contribution in [1.82, 2.24) is 0 Å². The molecule has 17 heavy (non-hydrogen) atoms. The van der Waals surface area contributed by atoms with E-state index in [1.807, 2.05) is 0 Å². The highest BCUT2D eigenvalue weighted by Crippen LogP contribution is 2.56. The minimum Gasteiger partial charge on any atom is -0.462 e. The van der Waals surface area contributed by atoms with Crippen LogP contribution in [-0.2, 0) is 9.53 Å². The van der Waals surface area contributed by atoms with E-state index in [1.54, 1.807) is 0 Å². The molecule has 0 spiro atoms. The van der Waals surface area contributed by atoms with Gasteiger partial charge in [-0.25, -0.2) is 0 Å². The maximum absolute atomic E-state index is 11.5. The van der Waals surface area contributed by atoms with Gasteiger partial charge >= 0.3 is 5.97 Å². The number of rotatable bonds is 0. The SMILES string of the molecule is CC(C)(C)C1CC2CC(=O)OC2C1C(C)(C)C. The normalized spacial score (nSPS) is 38.1. The van der Waals surface area contributed by atoms with E-state index in [0.29, 0.717) is 29.6 Å². The Morgan fingerprint density at radius 1 is 1.06 bits per heavy atom. The molecule has 2 nitrogen and oxygen atoms in total. The highest BCUT2D eigenvalue weighted by Gasteiger charge is 2.56. The van der Waals surface area contributed by atoms with Gasteiger partial charge in [0.15, 0.2) is 0 Å². The Morgan fingerprint density at radius 3 is 2.12 bits per heavy atom. The molecule has 4 unspecified atom stereocenters. The molecule has 0 aromatic carbocycles. The van der Waals surface area contributed by atoms with Gasteiger partial charge in [0.1, 0.15) is 6.10 Å². The average molecular weight is 238 g/mol. The molecule has 1 heterocycles. The molecule has 98 valence electrons. The number of esters is 1. The van der Waals surface area contributed by atoms with Crippen molar-refractivity contribution in [2.45, 2.75) is 60.5 Å². The molecular weight excluding hydrogens is 212 g/mol. The topological polar surface area (TPSA) is 26.3 Å². The van der Waals surface area contributed by atoms with Crippen LogP contribution in [0.25, 0.3) is 0 Å². The van der Waals surface area contributed by atoms with Crippen LogP contribution in [0.4, 0.5) is 0 Å². The predicted octanol–water partition coefficient (Wildman–Crippen LogP) is 3.65. The van der Waals surface area contributed by atoms with E-state index in [9.17, 15) is 4.79 Å². The standard InChI is InChI=1S/C15H26O2/c1-14(2,3)10-7-9-8-11(16)17-13(9)12(10)15(4,5)6/h9-10,12-13H,7-8H2,1-6H3. The zero-order valence-corrected chi connectivity index (χ0v) is 12.0. The third-order valence-corrected chi connectivity index (χ3v) is 4.62. The first kappa shape index (κ1) is 12.9. The highest BCUT2D eigenvalue weighted by molar-refractivity contribution is 5.72. The van der Waals surface area contributed by atoms with Crippen molar-refractivity contribution < 1.29 is 9.53 Å². The maximum atomic E-state index is 11.5. The molecule has 0 radical (unpaired) electrons. The fourth-order valence-corrected chi connectivity index (χ4v) is 3.90. The number of carbonyl (C=O) groups is 1. The zero-order chi connectivity index (χ0) is 13.0. The van der Waals surface area contributed by atoms with Crippen molar-refractivity contribution in [3.63, 3.8) is 0 Å². The highest BCUT2D eigenvalue weighted by atomic mass is 16.6. The molecule has 1 saturated carbocycles. The van der Waals surface area contributed by atoms with Crippen LogP contribution in [0.2, 0.25) is 0 Å².